The number of hydrogen-bond donors (Lipinski definition) is 2. The van der Waals surface area contributed by atoms with Crippen molar-refractivity contribution in [2.45, 2.75) is 32.0 Å². The predicted octanol–water partition coefficient (Wildman–Crippen LogP) is 0.421. The summed E-state index contributed by atoms with van der Waals surface area (Å²) in [6, 6.07) is 2.12. The van der Waals surface area contributed by atoms with Gasteiger partial charge in [-0.3, -0.25) is 29.9 Å². The van der Waals surface area contributed by atoms with Crippen molar-refractivity contribution in [3.8, 4) is 5.75 Å². The van der Waals surface area contributed by atoms with Gasteiger partial charge in [0.15, 0.2) is 0 Å². The Morgan fingerprint density at radius 2 is 2.10 bits per heavy atom. The standard InChI is InChI=1S/C13H13N3O5/c17-8-3-7-5-15(6-9(7)11(4-8)16(20)21)10-1-2-12(18)14-13(10)19/h3-4,10,17H,1-2,5-6H2,(H,14,18,19). The molecule has 1 aromatic carbocycles. The number of amides is 2. The summed E-state index contributed by atoms with van der Waals surface area (Å²) < 4.78 is 0. The number of phenols is 1. The molecule has 8 heteroatoms. The first-order chi connectivity index (χ1) is 9.95. The molecule has 0 aromatic heterocycles. The molecule has 110 valence electrons. The van der Waals surface area contributed by atoms with Crippen LogP contribution in [0.1, 0.15) is 24.0 Å². The van der Waals surface area contributed by atoms with Crippen LogP contribution in [-0.2, 0) is 22.7 Å². The second-order valence-electron chi connectivity index (χ2n) is 5.23. The quantitative estimate of drug-likeness (QED) is 0.464. The first kappa shape index (κ1) is 13.5. The average Bonchev–Trinajstić information content (AvgIpc) is 2.80. The fraction of sp³-hybridized carbons (Fsp3) is 0.385. The van der Waals surface area contributed by atoms with Crippen molar-refractivity contribution < 1.29 is 19.6 Å². The fourth-order valence-corrected chi connectivity index (χ4v) is 2.91. The lowest BCUT2D eigenvalue weighted by atomic mass is 10.0. The molecule has 1 atom stereocenters. The van der Waals surface area contributed by atoms with E-state index >= 15 is 0 Å². The second-order valence-corrected chi connectivity index (χ2v) is 5.23. The number of aromatic hydroxyl groups is 1. The molecule has 2 aliphatic rings. The molecular formula is C13H13N3O5. The molecule has 8 nitrogen and oxygen atoms in total. The summed E-state index contributed by atoms with van der Waals surface area (Å²) in [6.07, 6.45) is 0.662. The Labute approximate surface area is 119 Å². The summed E-state index contributed by atoms with van der Waals surface area (Å²) in [5.41, 5.74) is 1.02. The highest BCUT2D eigenvalue weighted by Crippen LogP contribution is 2.36. The van der Waals surface area contributed by atoms with Crippen LogP contribution < -0.4 is 5.32 Å². The minimum Gasteiger partial charge on any atom is -0.508 e. The van der Waals surface area contributed by atoms with Gasteiger partial charge in [0, 0.05) is 25.1 Å². The smallest absolute Gasteiger partial charge is 0.277 e. The number of fused-ring (bicyclic) bond motifs is 1. The van der Waals surface area contributed by atoms with Crippen molar-refractivity contribution in [3.05, 3.63) is 33.4 Å². The minimum absolute atomic E-state index is 0.139. The van der Waals surface area contributed by atoms with Gasteiger partial charge in [-0.15, -0.1) is 0 Å². The second kappa shape index (κ2) is 4.81. The minimum atomic E-state index is -0.535. The molecule has 2 heterocycles. The summed E-state index contributed by atoms with van der Waals surface area (Å²) >= 11 is 0. The van der Waals surface area contributed by atoms with Gasteiger partial charge in [0.05, 0.1) is 17.0 Å². The molecule has 1 aromatic rings. The van der Waals surface area contributed by atoms with Gasteiger partial charge in [-0.05, 0) is 18.1 Å². The number of benzene rings is 1. The van der Waals surface area contributed by atoms with Gasteiger partial charge >= 0.3 is 0 Å². The average molecular weight is 291 g/mol. The SMILES string of the molecule is O=C1CCC(N2Cc3cc(O)cc([N+](=O)[O-])c3C2)C(=O)N1. The lowest BCUT2D eigenvalue weighted by molar-refractivity contribution is -0.385. The van der Waals surface area contributed by atoms with E-state index in [9.17, 15) is 24.8 Å². The van der Waals surface area contributed by atoms with E-state index in [1.807, 2.05) is 0 Å². The van der Waals surface area contributed by atoms with Crippen LogP contribution in [0.15, 0.2) is 12.1 Å². The van der Waals surface area contributed by atoms with Gasteiger partial charge in [-0.25, -0.2) is 0 Å². The van der Waals surface area contributed by atoms with Crippen LogP contribution in [0.4, 0.5) is 5.69 Å². The van der Waals surface area contributed by atoms with Gasteiger partial charge in [-0.2, -0.15) is 0 Å². The molecule has 3 rings (SSSR count). The van der Waals surface area contributed by atoms with Gasteiger partial charge < -0.3 is 5.11 Å². The van der Waals surface area contributed by atoms with Crippen LogP contribution in [0, 0.1) is 10.1 Å². The number of nitrogens with one attached hydrogen (secondary N) is 1. The van der Waals surface area contributed by atoms with Gasteiger partial charge in [0.25, 0.3) is 5.69 Å². The third kappa shape index (κ3) is 2.33. The number of imide groups is 1. The molecule has 2 aliphatic heterocycles. The van der Waals surface area contributed by atoms with E-state index in [2.05, 4.69) is 5.32 Å². The molecule has 0 bridgehead atoms. The van der Waals surface area contributed by atoms with Gasteiger partial charge in [0.1, 0.15) is 5.75 Å². The van der Waals surface area contributed by atoms with E-state index in [-0.39, 0.29) is 36.2 Å². The largest absolute Gasteiger partial charge is 0.508 e. The van der Waals surface area contributed by atoms with E-state index in [0.29, 0.717) is 24.1 Å². The molecule has 1 fully saturated rings. The van der Waals surface area contributed by atoms with Crippen molar-refractivity contribution in [2.75, 3.05) is 0 Å². The highest BCUT2D eigenvalue weighted by Gasteiger charge is 2.37. The number of nitrogens with zero attached hydrogens (tertiary/aromatic N) is 2. The first-order valence-electron chi connectivity index (χ1n) is 6.52. The highest BCUT2D eigenvalue weighted by molar-refractivity contribution is 6.00. The summed E-state index contributed by atoms with van der Waals surface area (Å²) in [5, 5.41) is 22.9. The summed E-state index contributed by atoms with van der Waals surface area (Å²) in [5.74, 6) is -0.826. The lowest BCUT2D eigenvalue weighted by Gasteiger charge is -2.28. The predicted molar refractivity (Wildman–Crippen MR) is 70.2 cm³/mol. The zero-order valence-electron chi connectivity index (χ0n) is 11.0. The Bertz CT molecular complexity index is 657. The molecule has 1 unspecified atom stereocenters. The summed E-state index contributed by atoms with van der Waals surface area (Å²) in [7, 11) is 0. The monoisotopic (exact) mass is 291 g/mol. The third-order valence-corrected chi connectivity index (χ3v) is 3.89. The molecule has 2 amide bonds. The fourth-order valence-electron chi connectivity index (χ4n) is 2.91. The zero-order valence-corrected chi connectivity index (χ0v) is 11.0. The molecule has 0 radical (unpaired) electrons. The molecule has 0 saturated carbocycles. The number of piperidine rings is 1. The number of phenolic OH excluding ortho intramolecular Hbond substituents is 1. The number of hydrogen-bond acceptors (Lipinski definition) is 6. The Kier molecular flexibility index (Phi) is 3.09. The normalized spacial score (nSPS) is 22.0. The number of carbonyl (C=O) groups is 2. The Morgan fingerprint density at radius 3 is 2.76 bits per heavy atom. The molecular weight excluding hydrogens is 278 g/mol. The molecule has 0 aliphatic carbocycles. The van der Waals surface area contributed by atoms with Crippen LogP contribution in [0.25, 0.3) is 0 Å². The van der Waals surface area contributed by atoms with Crippen LogP contribution in [0.5, 0.6) is 5.75 Å². The van der Waals surface area contributed by atoms with Crippen LogP contribution in [-0.4, -0.2) is 32.8 Å². The number of carbonyl (C=O) groups excluding carboxylic acids is 2. The molecule has 2 N–H and O–H groups in total. The highest BCUT2D eigenvalue weighted by atomic mass is 16.6. The zero-order chi connectivity index (χ0) is 15.1. The van der Waals surface area contributed by atoms with Crippen molar-refractivity contribution in [1.29, 1.82) is 0 Å². The lowest BCUT2D eigenvalue weighted by Crippen LogP contribution is -2.50. The summed E-state index contributed by atoms with van der Waals surface area (Å²) in [6.45, 7) is 0.606. The van der Waals surface area contributed by atoms with Crippen molar-refractivity contribution in [1.82, 2.24) is 10.2 Å². The maximum absolute atomic E-state index is 11.9. The Hall–Kier alpha value is -2.48. The Morgan fingerprint density at radius 1 is 1.33 bits per heavy atom. The van der Waals surface area contributed by atoms with E-state index in [1.165, 1.54) is 6.07 Å². The number of nitro groups is 1. The van der Waals surface area contributed by atoms with Crippen molar-refractivity contribution >= 4 is 17.5 Å². The van der Waals surface area contributed by atoms with E-state index in [4.69, 9.17) is 0 Å². The van der Waals surface area contributed by atoms with Gasteiger partial charge in [0.2, 0.25) is 11.8 Å². The van der Waals surface area contributed by atoms with E-state index in [0.717, 1.165) is 6.07 Å². The number of nitro benzene ring substituents is 1. The van der Waals surface area contributed by atoms with Crippen molar-refractivity contribution in [3.63, 3.8) is 0 Å². The summed E-state index contributed by atoms with van der Waals surface area (Å²) in [4.78, 5) is 35.3. The maximum atomic E-state index is 11.9. The van der Waals surface area contributed by atoms with Crippen LogP contribution in [0.2, 0.25) is 0 Å². The molecule has 21 heavy (non-hydrogen) atoms. The Balaban J connectivity index is 1.88. The van der Waals surface area contributed by atoms with Crippen molar-refractivity contribution in [2.24, 2.45) is 0 Å². The van der Waals surface area contributed by atoms with Crippen LogP contribution >= 0.6 is 0 Å². The topological polar surface area (TPSA) is 113 Å². The number of rotatable bonds is 2. The van der Waals surface area contributed by atoms with E-state index < -0.39 is 11.0 Å². The maximum Gasteiger partial charge on any atom is 0.277 e. The molecule has 1 saturated heterocycles. The van der Waals surface area contributed by atoms with Gasteiger partial charge in [-0.1, -0.05) is 0 Å². The van der Waals surface area contributed by atoms with E-state index in [1.54, 1.807) is 4.90 Å². The first-order valence-corrected chi connectivity index (χ1v) is 6.52. The molecule has 0 spiro atoms. The third-order valence-electron chi connectivity index (χ3n) is 3.89. The van der Waals surface area contributed by atoms with Crippen LogP contribution in [0.3, 0.4) is 0 Å².